The lowest BCUT2D eigenvalue weighted by molar-refractivity contribution is 0.490. The molecule has 1 aromatic heterocycles. The second kappa shape index (κ2) is 9.10. The predicted octanol–water partition coefficient (Wildman–Crippen LogP) is 6.08. The second-order valence-electron chi connectivity index (χ2n) is 5.63. The fourth-order valence-corrected chi connectivity index (χ4v) is 5.70. The SMILES string of the molecule is C1CCC(PC2CCCCC2)CC1.c1ccsc1. The lowest BCUT2D eigenvalue weighted by atomic mass is 10.00. The molecule has 2 aliphatic rings. The zero-order chi connectivity index (χ0) is 12.5. The normalized spacial score (nSPS) is 22.2. The first-order valence-corrected chi connectivity index (χ1v) is 9.78. The summed E-state index contributed by atoms with van der Waals surface area (Å²) < 4.78 is 0. The van der Waals surface area contributed by atoms with Gasteiger partial charge in [-0.05, 0) is 47.8 Å². The summed E-state index contributed by atoms with van der Waals surface area (Å²) in [5, 5.41) is 4.08. The minimum Gasteiger partial charge on any atom is -0.152 e. The molecule has 0 nitrogen and oxygen atoms in total. The van der Waals surface area contributed by atoms with Gasteiger partial charge < -0.3 is 0 Å². The zero-order valence-electron chi connectivity index (χ0n) is 11.4. The van der Waals surface area contributed by atoms with Crippen LogP contribution in [0.5, 0.6) is 0 Å². The minimum atomic E-state index is 1.15. The Balaban J connectivity index is 0.000000202. The molecule has 1 aromatic rings. The van der Waals surface area contributed by atoms with Gasteiger partial charge >= 0.3 is 0 Å². The Kier molecular flexibility index (Phi) is 7.35. The summed E-state index contributed by atoms with van der Waals surface area (Å²) in [6.45, 7) is 0. The van der Waals surface area contributed by atoms with Crippen molar-refractivity contribution in [3.63, 3.8) is 0 Å². The smallest absolute Gasteiger partial charge is 0.00934 e. The van der Waals surface area contributed by atoms with Crippen LogP contribution in [0.3, 0.4) is 0 Å². The number of rotatable bonds is 2. The molecular formula is C16H27PS. The summed E-state index contributed by atoms with van der Waals surface area (Å²) in [7, 11) is 1.33. The molecule has 0 aromatic carbocycles. The lowest BCUT2D eigenvalue weighted by Crippen LogP contribution is -2.14. The molecule has 0 atom stereocenters. The molecule has 2 heteroatoms. The molecular weight excluding hydrogens is 255 g/mol. The number of hydrogen-bond acceptors (Lipinski definition) is 1. The lowest BCUT2D eigenvalue weighted by Gasteiger charge is -2.28. The van der Waals surface area contributed by atoms with Gasteiger partial charge in [0.1, 0.15) is 0 Å². The van der Waals surface area contributed by atoms with Crippen LogP contribution in [0.2, 0.25) is 0 Å². The van der Waals surface area contributed by atoms with Gasteiger partial charge in [-0.15, -0.1) is 8.58 Å². The van der Waals surface area contributed by atoms with Crippen molar-refractivity contribution in [2.75, 3.05) is 0 Å². The average Bonchev–Trinajstić information content (AvgIpc) is 3.00. The molecule has 2 saturated carbocycles. The topological polar surface area (TPSA) is 0 Å². The van der Waals surface area contributed by atoms with Crippen LogP contribution in [0.4, 0.5) is 0 Å². The third-order valence-corrected chi connectivity index (χ3v) is 6.83. The van der Waals surface area contributed by atoms with Crippen LogP contribution in [0.25, 0.3) is 0 Å². The van der Waals surface area contributed by atoms with E-state index in [2.05, 4.69) is 0 Å². The number of hydrogen-bond donors (Lipinski definition) is 0. The van der Waals surface area contributed by atoms with Crippen LogP contribution in [-0.2, 0) is 0 Å². The fourth-order valence-electron chi connectivity index (χ4n) is 3.10. The Morgan fingerprint density at radius 3 is 1.44 bits per heavy atom. The van der Waals surface area contributed by atoms with Gasteiger partial charge in [-0.1, -0.05) is 50.7 Å². The Morgan fingerprint density at radius 2 is 1.11 bits per heavy atom. The zero-order valence-corrected chi connectivity index (χ0v) is 13.3. The maximum Gasteiger partial charge on any atom is -0.00934 e. The average molecular weight is 282 g/mol. The van der Waals surface area contributed by atoms with Crippen LogP contribution in [-0.4, -0.2) is 11.3 Å². The highest BCUT2D eigenvalue weighted by molar-refractivity contribution is 7.39. The summed E-state index contributed by atoms with van der Waals surface area (Å²) in [6, 6.07) is 4.04. The van der Waals surface area contributed by atoms with Gasteiger partial charge in [0.05, 0.1) is 0 Å². The van der Waals surface area contributed by atoms with Crippen LogP contribution in [0.15, 0.2) is 22.9 Å². The van der Waals surface area contributed by atoms with E-state index >= 15 is 0 Å². The Morgan fingerprint density at radius 1 is 0.667 bits per heavy atom. The van der Waals surface area contributed by atoms with E-state index in [1.807, 2.05) is 22.9 Å². The molecule has 0 bridgehead atoms. The molecule has 0 N–H and O–H groups in total. The Hall–Kier alpha value is 0.130. The standard InChI is InChI=1S/C12H23P.C4H4S/c1-3-7-11(8-4-1)13-12-9-5-2-6-10-12;1-2-4-5-3-1/h11-13H,1-10H2;1-4H. The summed E-state index contributed by atoms with van der Waals surface area (Å²) in [5.74, 6) is 0. The van der Waals surface area contributed by atoms with E-state index in [-0.39, 0.29) is 0 Å². The van der Waals surface area contributed by atoms with E-state index in [0.717, 1.165) is 11.3 Å². The second-order valence-corrected chi connectivity index (χ2v) is 8.41. The highest BCUT2D eigenvalue weighted by Crippen LogP contribution is 2.41. The molecule has 0 radical (unpaired) electrons. The van der Waals surface area contributed by atoms with Crippen molar-refractivity contribution in [2.24, 2.45) is 0 Å². The minimum absolute atomic E-state index is 1.15. The van der Waals surface area contributed by atoms with Crippen LogP contribution in [0, 0.1) is 0 Å². The van der Waals surface area contributed by atoms with Gasteiger partial charge in [0.15, 0.2) is 0 Å². The van der Waals surface area contributed by atoms with E-state index in [4.69, 9.17) is 0 Å². The van der Waals surface area contributed by atoms with Crippen LogP contribution >= 0.6 is 19.9 Å². The van der Waals surface area contributed by atoms with Crippen molar-refractivity contribution < 1.29 is 0 Å². The Labute approximate surface area is 118 Å². The largest absolute Gasteiger partial charge is 0.152 e. The van der Waals surface area contributed by atoms with Crippen LogP contribution in [0.1, 0.15) is 64.2 Å². The van der Waals surface area contributed by atoms with E-state index in [0.29, 0.717) is 0 Å². The van der Waals surface area contributed by atoms with E-state index < -0.39 is 0 Å². The molecule has 3 rings (SSSR count). The van der Waals surface area contributed by atoms with Gasteiger partial charge in [0, 0.05) is 0 Å². The van der Waals surface area contributed by atoms with Crippen molar-refractivity contribution in [1.82, 2.24) is 0 Å². The van der Waals surface area contributed by atoms with E-state index in [1.165, 1.54) is 47.1 Å². The molecule has 18 heavy (non-hydrogen) atoms. The molecule has 0 saturated heterocycles. The molecule has 0 unspecified atom stereocenters. The van der Waals surface area contributed by atoms with Crippen molar-refractivity contribution >= 4 is 19.9 Å². The van der Waals surface area contributed by atoms with Gasteiger partial charge in [-0.3, -0.25) is 0 Å². The van der Waals surface area contributed by atoms with Gasteiger partial charge in [0.25, 0.3) is 0 Å². The van der Waals surface area contributed by atoms with Crippen molar-refractivity contribution in [1.29, 1.82) is 0 Å². The molecule has 2 aliphatic carbocycles. The van der Waals surface area contributed by atoms with Gasteiger partial charge in [-0.25, -0.2) is 0 Å². The first-order valence-electron chi connectivity index (χ1n) is 7.68. The highest BCUT2D eigenvalue weighted by Gasteiger charge is 2.20. The third kappa shape index (κ3) is 5.85. The molecule has 0 spiro atoms. The van der Waals surface area contributed by atoms with Crippen molar-refractivity contribution in [3.05, 3.63) is 22.9 Å². The summed E-state index contributed by atoms with van der Waals surface area (Å²) in [6.07, 6.45) is 15.4. The first-order chi connectivity index (χ1) is 8.95. The Bertz CT molecular complexity index is 238. The predicted molar refractivity (Wildman–Crippen MR) is 86.4 cm³/mol. The fraction of sp³-hybridized carbons (Fsp3) is 0.750. The van der Waals surface area contributed by atoms with E-state index in [9.17, 15) is 0 Å². The first kappa shape index (κ1) is 14.5. The monoisotopic (exact) mass is 282 g/mol. The molecule has 1 heterocycles. The third-order valence-electron chi connectivity index (χ3n) is 4.11. The van der Waals surface area contributed by atoms with Crippen molar-refractivity contribution in [3.8, 4) is 0 Å². The summed E-state index contributed by atoms with van der Waals surface area (Å²) in [5.41, 5.74) is 2.30. The molecule has 2 fully saturated rings. The number of thiophene rings is 1. The quantitative estimate of drug-likeness (QED) is 0.577. The summed E-state index contributed by atoms with van der Waals surface area (Å²) in [4.78, 5) is 0. The molecule has 102 valence electrons. The van der Waals surface area contributed by atoms with Gasteiger partial charge in [-0.2, -0.15) is 11.3 Å². The molecule has 0 aliphatic heterocycles. The maximum atomic E-state index is 2.04. The van der Waals surface area contributed by atoms with Gasteiger partial charge in [0.2, 0.25) is 0 Å². The maximum absolute atomic E-state index is 2.04. The molecule has 0 amide bonds. The summed E-state index contributed by atoms with van der Waals surface area (Å²) >= 11 is 1.71. The highest BCUT2D eigenvalue weighted by atomic mass is 32.1. The van der Waals surface area contributed by atoms with Crippen molar-refractivity contribution in [2.45, 2.75) is 75.5 Å². The van der Waals surface area contributed by atoms with Crippen LogP contribution < -0.4 is 0 Å². The van der Waals surface area contributed by atoms with E-state index in [1.54, 1.807) is 37.0 Å².